The third-order valence-electron chi connectivity index (χ3n) is 8.02. The molecule has 0 heterocycles. The van der Waals surface area contributed by atoms with Crippen LogP contribution in [0.25, 0.3) is 0 Å². The van der Waals surface area contributed by atoms with Crippen LogP contribution in [0.3, 0.4) is 0 Å². The Balaban J connectivity index is 3.37. The fraction of sp³-hybridized carbons (Fsp3) is 0.944. The Kier molecular flexibility index (Phi) is 31.0. The maximum absolute atomic E-state index is 11.9. The first-order valence-corrected chi connectivity index (χ1v) is 17.9. The first kappa shape index (κ1) is 39.9. The minimum atomic E-state index is -0.953. The molecule has 0 saturated carbocycles. The zero-order valence-electron chi connectivity index (χ0n) is 27.7. The summed E-state index contributed by atoms with van der Waals surface area (Å²) < 4.78 is 10.3. The smallest absolute Gasteiger partial charge is 0.305 e. The highest BCUT2D eigenvalue weighted by atomic mass is 16.6. The molecule has 0 aliphatic carbocycles. The minimum Gasteiger partial charge on any atom is -0.463 e. The van der Waals surface area contributed by atoms with Crippen molar-refractivity contribution >= 4 is 11.9 Å². The van der Waals surface area contributed by atoms with Gasteiger partial charge in [-0.2, -0.15) is 0 Å². The summed E-state index contributed by atoms with van der Waals surface area (Å²) in [4.78, 5) is 23.8. The lowest BCUT2D eigenvalue weighted by Gasteiger charge is -2.12. The maximum atomic E-state index is 11.9. The van der Waals surface area contributed by atoms with Crippen molar-refractivity contribution in [3.05, 3.63) is 0 Å². The molecule has 1 atom stereocenters. The van der Waals surface area contributed by atoms with Gasteiger partial charge in [-0.05, 0) is 18.8 Å². The molecule has 0 radical (unpaired) electrons. The normalized spacial score (nSPS) is 12.1. The van der Waals surface area contributed by atoms with Gasteiger partial charge in [-0.25, -0.2) is 0 Å². The fourth-order valence-electron chi connectivity index (χ4n) is 5.27. The number of esters is 2. The highest BCUT2D eigenvalue weighted by Crippen LogP contribution is 2.15. The van der Waals surface area contributed by atoms with Crippen LogP contribution >= 0.6 is 0 Å². The number of rotatable bonds is 32. The van der Waals surface area contributed by atoms with Crippen molar-refractivity contribution in [2.24, 2.45) is 5.92 Å². The predicted molar refractivity (Wildman–Crippen MR) is 173 cm³/mol. The summed E-state index contributed by atoms with van der Waals surface area (Å²) in [5, 5.41) is 9.95. The Bertz CT molecular complexity index is 562. The minimum absolute atomic E-state index is 0.109. The molecular formula is C36H70O5. The third-order valence-corrected chi connectivity index (χ3v) is 8.02. The van der Waals surface area contributed by atoms with Crippen molar-refractivity contribution < 1.29 is 24.2 Å². The summed E-state index contributed by atoms with van der Waals surface area (Å²) in [5.41, 5.74) is 0. The number of ether oxygens (including phenoxy) is 2. The van der Waals surface area contributed by atoms with Gasteiger partial charge in [-0.15, -0.1) is 0 Å². The second kappa shape index (κ2) is 31.8. The van der Waals surface area contributed by atoms with Gasteiger partial charge in [-0.1, -0.05) is 168 Å². The number of aliphatic hydroxyl groups excluding tert-OH is 1. The quantitative estimate of drug-likeness (QED) is 0.0631. The highest BCUT2D eigenvalue weighted by Gasteiger charge is 2.12. The number of carbonyl (C=O) groups is 2. The number of hydrogen-bond acceptors (Lipinski definition) is 5. The van der Waals surface area contributed by atoms with Gasteiger partial charge in [0.05, 0.1) is 0 Å². The lowest BCUT2D eigenvalue weighted by atomic mass is 10.0. The van der Waals surface area contributed by atoms with Crippen LogP contribution in [0.5, 0.6) is 0 Å². The largest absolute Gasteiger partial charge is 0.463 e. The topological polar surface area (TPSA) is 72.8 Å². The van der Waals surface area contributed by atoms with E-state index >= 15 is 0 Å². The van der Waals surface area contributed by atoms with Crippen LogP contribution in [0.2, 0.25) is 0 Å². The predicted octanol–water partition coefficient (Wildman–Crippen LogP) is 10.6. The summed E-state index contributed by atoms with van der Waals surface area (Å²) >= 11 is 0. The van der Waals surface area contributed by atoms with E-state index in [4.69, 9.17) is 9.47 Å². The fourth-order valence-corrected chi connectivity index (χ4v) is 5.27. The van der Waals surface area contributed by atoms with Crippen LogP contribution in [0, 0.1) is 5.92 Å². The number of aliphatic hydroxyl groups is 1. The van der Waals surface area contributed by atoms with Gasteiger partial charge < -0.3 is 14.6 Å². The van der Waals surface area contributed by atoms with Crippen molar-refractivity contribution in [1.82, 2.24) is 0 Å². The van der Waals surface area contributed by atoms with E-state index in [0.717, 1.165) is 38.0 Å². The molecule has 0 aromatic rings. The molecule has 0 amide bonds. The molecule has 41 heavy (non-hydrogen) atoms. The second-order valence-electron chi connectivity index (χ2n) is 12.8. The van der Waals surface area contributed by atoms with Crippen molar-refractivity contribution in [1.29, 1.82) is 0 Å². The molecule has 0 aromatic carbocycles. The Morgan fingerprint density at radius 1 is 0.488 bits per heavy atom. The summed E-state index contributed by atoms with van der Waals surface area (Å²) in [6, 6.07) is 0. The molecular weight excluding hydrogens is 512 g/mol. The van der Waals surface area contributed by atoms with E-state index < -0.39 is 6.10 Å². The summed E-state index contributed by atoms with van der Waals surface area (Å²) in [7, 11) is 0. The summed E-state index contributed by atoms with van der Waals surface area (Å²) in [6.45, 7) is 6.65. The molecule has 0 rings (SSSR count). The molecule has 244 valence electrons. The standard InChI is InChI=1S/C36H70O5/c1-4-5-6-7-8-16-20-23-26-29-35(38)40-31-34(37)32-41-36(39)30-27-24-21-18-15-13-11-9-10-12-14-17-19-22-25-28-33(2)3/h33-34,37H,4-32H2,1-3H3/t34-/m1/s1. The Morgan fingerprint density at radius 2 is 0.780 bits per heavy atom. The molecule has 5 nitrogen and oxygen atoms in total. The lowest BCUT2D eigenvalue weighted by Crippen LogP contribution is -2.25. The van der Waals surface area contributed by atoms with E-state index in [1.54, 1.807) is 0 Å². The van der Waals surface area contributed by atoms with Gasteiger partial charge in [0.15, 0.2) is 0 Å². The van der Waals surface area contributed by atoms with Crippen molar-refractivity contribution in [2.75, 3.05) is 13.2 Å². The van der Waals surface area contributed by atoms with Crippen LogP contribution in [0.15, 0.2) is 0 Å². The van der Waals surface area contributed by atoms with E-state index in [0.29, 0.717) is 12.8 Å². The zero-order chi connectivity index (χ0) is 30.2. The van der Waals surface area contributed by atoms with Gasteiger partial charge in [0, 0.05) is 12.8 Å². The van der Waals surface area contributed by atoms with Crippen LogP contribution in [0.4, 0.5) is 0 Å². The van der Waals surface area contributed by atoms with Crippen molar-refractivity contribution in [2.45, 2.75) is 200 Å². The Labute approximate surface area is 255 Å². The van der Waals surface area contributed by atoms with E-state index in [1.165, 1.54) is 128 Å². The summed E-state index contributed by atoms with van der Waals surface area (Å²) in [6.07, 6.45) is 31.6. The molecule has 0 fully saturated rings. The average molecular weight is 583 g/mol. The number of carbonyl (C=O) groups excluding carboxylic acids is 2. The maximum Gasteiger partial charge on any atom is 0.305 e. The Hall–Kier alpha value is -1.10. The van der Waals surface area contributed by atoms with Gasteiger partial charge in [0.25, 0.3) is 0 Å². The van der Waals surface area contributed by atoms with Crippen LogP contribution in [-0.2, 0) is 19.1 Å². The average Bonchev–Trinajstić information content (AvgIpc) is 2.95. The summed E-state index contributed by atoms with van der Waals surface area (Å²) in [5.74, 6) is 0.298. The molecule has 0 saturated heterocycles. The van der Waals surface area contributed by atoms with Gasteiger partial charge >= 0.3 is 11.9 Å². The van der Waals surface area contributed by atoms with E-state index in [1.807, 2.05) is 0 Å². The number of hydrogen-bond donors (Lipinski definition) is 1. The van der Waals surface area contributed by atoms with E-state index in [-0.39, 0.29) is 25.2 Å². The Morgan fingerprint density at radius 3 is 1.10 bits per heavy atom. The molecule has 0 aromatic heterocycles. The van der Waals surface area contributed by atoms with Crippen LogP contribution in [-0.4, -0.2) is 36.4 Å². The lowest BCUT2D eigenvalue weighted by molar-refractivity contribution is -0.152. The molecule has 5 heteroatoms. The second-order valence-corrected chi connectivity index (χ2v) is 12.8. The van der Waals surface area contributed by atoms with Crippen LogP contribution < -0.4 is 0 Å². The highest BCUT2D eigenvalue weighted by molar-refractivity contribution is 5.69. The van der Waals surface area contributed by atoms with E-state index in [9.17, 15) is 14.7 Å². The van der Waals surface area contributed by atoms with Gasteiger partial charge in [0.2, 0.25) is 0 Å². The molecule has 1 N–H and O–H groups in total. The monoisotopic (exact) mass is 583 g/mol. The molecule has 0 spiro atoms. The van der Waals surface area contributed by atoms with Gasteiger partial charge in [-0.3, -0.25) is 9.59 Å². The van der Waals surface area contributed by atoms with E-state index in [2.05, 4.69) is 20.8 Å². The zero-order valence-corrected chi connectivity index (χ0v) is 27.7. The SMILES string of the molecule is CCCCCCCCCCCC(=O)OC[C@@H](O)COC(=O)CCCCCCCCCCCCCCCCCC(C)C. The van der Waals surface area contributed by atoms with Crippen molar-refractivity contribution in [3.63, 3.8) is 0 Å². The molecule has 0 aliphatic heterocycles. The van der Waals surface area contributed by atoms with Crippen molar-refractivity contribution in [3.8, 4) is 0 Å². The first-order valence-electron chi connectivity index (χ1n) is 17.9. The molecule has 0 unspecified atom stereocenters. The van der Waals surface area contributed by atoms with Crippen LogP contribution in [0.1, 0.15) is 194 Å². The van der Waals surface area contributed by atoms with Gasteiger partial charge in [0.1, 0.15) is 19.3 Å². The molecule has 0 bridgehead atoms. The third kappa shape index (κ3) is 33.3. The number of unbranched alkanes of at least 4 members (excludes halogenated alkanes) is 22. The molecule has 0 aliphatic rings. The first-order chi connectivity index (χ1) is 20.0.